The van der Waals surface area contributed by atoms with Crippen LogP contribution in [0.1, 0.15) is 15.4 Å². The van der Waals surface area contributed by atoms with Crippen LogP contribution in [0.4, 0.5) is 0 Å². The molecule has 1 amide bonds. The molecule has 2 rings (SSSR count). The third kappa shape index (κ3) is 1.87. The van der Waals surface area contributed by atoms with E-state index in [1.807, 2.05) is 19.1 Å². The Morgan fingerprint density at radius 3 is 2.60 bits per heavy atom. The van der Waals surface area contributed by atoms with Crippen molar-refractivity contribution in [2.24, 2.45) is 5.73 Å². The van der Waals surface area contributed by atoms with Gasteiger partial charge in [0.05, 0.1) is 0 Å². The summed E-state index contributed by atoms with van der Waals surface area (Å²) in [6, 6.07) is 3.70. The molecule has 4 nitrogen and oxygen atoms in total. The van der Waals surface area contributed by atoms with E-state index >= 15 is 0 Å². The van der Waals surface area contributed by atoms with Gasteiger partial charge in [-0.3, -0.25) is 9.78 Å². The summed E-state index contributed by atoms with van der Waals surface area (Å²) in [5.41, 5.74) is 6.50. The molecule has 0 bridgehead atoms. The van der Waals surface area contributed by atoms with Gasteiger partial charge in [-0.2, -0.15) is 0 Å². The van der Waals surface area contributed by atoms with Crippen LogP contribution in [0.25, 0.3) is 10.6 Å². The van der Waals surface area contributed by atoms with Crippen molar-refractivity contribution in [2.75, 3.05) is 0 Å². The van der Waals surface area contributed by atoms with Gasteiger partial charge in [0.25, 0.3) is 5.91 Å². The minimum atomic E-state index is -0.482. The molecule has 0 spiro atoms. The van der Waals surface area contributed by atoms with Gasteiger partial charge in [0.2, 0.25) is 0 Å². The second-order valence-corrected chi connectivity index (χ2v) is 4.23. The molecule has 0 saturated carbocycles. The number of carbonyl (C=O) groups is 1. The van der Waals surface area contributed by atoms with E-state index in [4.69, 9.17) is 5.73 Å². The van der Waals surface area contributed by atoms with Gasteiger partial charge < -0.3 is 5.73 Å². The predicted octanol–water partition coefficient (Wildman–Crippen LogP) is 1.61. The number of aromatic nitrogens is 2. The van der Waals surface area contributed by atoms with Crippen molar-refractivity contribution < 1.29 is 4.79 Å². The second kappa shape index (κ2) is 3.78. The molecule has 2 N–H and O–H groups in total. The topological polar surface area (TPSA) is 68.9 Å². The lowest BCUT2D eigenvalue weighted by molar-refractivity contribution is 0.0996. The third-order valence-corrected chi connectivity index (χ3v) is 2.98. The van der Waals surface area contributed by atoms with Crippen molar-refractivity contribution in [3.05, 3.63) is 35.1 Å². The number of nitrogens with two attached hydrogens (primary N) is 1. The van der Waals surface area contributed by atoms with Crippen LogP contribution in [0.2, 0.25) is 0 Å². The zero-order valence-electron chi connectivity index (χ0n) is 8.10. The highest BCUT2D eigenvalue weighted by Crippen LogP contribution is 2.26. The second-order valence-electron chi connectivity index (χ2n) is 3.02. The lowest BCUT2D eigenvalue weighted by Crippen LogP contribution is -2.12. The van der Waals surface area contributed by atoms with E-state index in [2.05, 4.69) is 9.97 Å². The number of nitrogens with zero attached hydrogens (tertiary/aromatic N) is 2. The van der Waals surface area contributed by atoms with Gasteiger partial charge in [0, 0.05) is 22.8 Å². The average Bonchev–Trinajstić information content (AvgIpc) is 2.62. The van der Waals surface area contributed by atoms with Crippen LogP contribution in [-0.4, -0.2) is 15.9 Å². The van der Waals surface area contributed by atoms with Gasteiger partial charge >= 0.3 is 0 Å². The summed E-state index contributed by atoms with van der Waals surface area (Å²) in [5.74, 6) is -0.482. The number of thiazole rings is 1. The first kappa shape index (κ1) is 9.79. The van der Waals surface area contributed by atoms with Crippen molar-refractivity contribution in [1.82, 2.24) is 9.97 Å². The molecule has 76 valence electrons. The van der Waals surface area contributed by atoms with E-state index in [0.29, 0.717) is 5.69 Å². The molecule has 5 heteroatoms. The number of hydrogen-bond donors (Lipinski definition) is 1. The van der Waals surface area contributed by atoms with Crippen molar-refractivity contribution in [1.29, 1.82) is 0 Å². The first-order valence-electron chi connectivity index (χ1n) is 4.36. The molecule has 0 saturated heterocycles. The molecule has 0 fully saturated rings. The standard InChI is InChI=1S/C10H9N3OS/c1-6-8(9(11)14)13-10(15-6)7-2-4-12-5-3-7/h2-5H,1H3,(H2,11,14). The lowest BCUT2D eigenvalue weighted by Gasteiger charge is -1.92. The molecule has 0 aliphatic carbocycles. The number of amides is 1. The highest BCUT2D eigenvalue weighted by atomic mass is 32.1. The first-order valence-corrected chi connectivity index (χ1v) is 5.18. The van der Waals surface area contributed by atoms with E-state index in [1.165, 1.54) is 11.3 Å². The molecule has 0 atom stereocenters. The monoisotopic (exact) mass is 219 g/mol. The summed E-state index contributed by atoms with van der Waals surface area (Å²) in [7, 11) is 0. The smallest absolute Gasteiger partial charge is 0.268 e. The summed E-state index contributed by atoms with van der Waals surface area (Å²) in [6.45, 7) is 1.84. The summed E-state index contributed by atoms with van der Waals surface area (Å²) in [6.07, 6.45) is 3.38. The summed E-state index contributed by atoms with van der Waals surface area (Å²) < 4.78 is 0. The molecule has 0 radical (unpaired) electrons. The van der Waals surface area contributed by atoms with Crippen LogP contribution in [0.15, 0.2) is 24.5 Å². The maximum Gasteiger partial charge on any atom is 0.268 e. The molecule has 2 heterocycles. The number of pyridine rings is 1. The van der Waals surface area contributed by atoms with Gasteiger partial charge in [-0.1, -0.05) is 0 Å². The van der Waals surface area contributed by atoms with E-state index in [-0.39, 0.29) is 0 Å². The lowest BCUT2D eigenvalue weighted by atomic mass is 10.3. The Hall–Kier alpha value is -1.75. The number of carbonyl (C=O) groups excluding carboxylic acids is 1. The first-order chi connectivity index (χ1) is 7.18. The largest absolute Gasteiger partial charge is 0.364 e. The number of rotatable bonds is 2. The van der Waals surface area contributed by atoms with Crippen molar-refractivity contribution in [3.63, 3.8) is 0 Å². The van der Waals surface area contributed by atoms with Crippen molar-refractivity contribution in [2.45, 2.75) is 6.92 Å². The molecule has 15 heavy (non-hydrogen) atoms. The van der Waals surface area contributed by atoms with Gasteiger partial charge in [-0.15, -0.1) is 11.3 Å². The van der Waals surface area contributed by atoms with Crippen molar-refractivity contribution >= 4 is 17.2 Å². The molecular weight excluding hydrogens is 210 g/mol. The Labute approximate surface area is 90.8 Å². The summed E-state index contributed by atoms with van der Waals surface area (Å²) >= 11 is 1.46. The number of primary amides is 1. The Morgan fingerprint density at radius 1 is 1.40 bits per heavy atom. The van der Waals surface area contributed by atoms with Crippen LogP contribution in [0.5, 0.6) is 0 Å². The molecule has 0 aliphatic rings. The molecule has 0 unspecified atom stereocenters. The van der Waals surface area contributed by atoms with E-state index < -0.39 is 5.91 Å². The van der Waals surface area contributed by atoms with Crippen LogP contribution < -0.4 is 5.73 Å². The Bertz CT molecular complexity index is 493. The average molecular weight is 219 g/mol. The van der Waals surface area contributed by atoms with Crippen LogP contribution in [0, 0.1) is 6.92 Å². The predicted molar refractivity (Wildman–Crippen MR) is 58.6 cm³/mol. The fourth-order valence-electron chi connectivity index (χ4n) is 1.24. The Morgan fingerprint density at radius 2 is 2.07 bits per heavy atom. The fraction of sp³-hybridized carbons (Fsp3) is 0.100. The van der Waals surface area contributed by atoms with Crippen LogP contribution in [0.3, 0.4) is 0 Å². The van der Waals surface area contributed by atoms with Crippen molar-refractivity contribution in [3.8, 4) is 10.6 Å². The van der Waals surface area contributed by atoms with Gasteiger partial charge in [-0.05, 0) is 19.1 Å². The van der Waals surface area contributed by atoms with E-state index in [9.17, 15) is 4.79 Å². The quantitative estimate of drug-likeness (QED) is 0.834. The maximum absolute atomic E-state index is 11.0. The molecule has 0 aliphatic heterocycles. The summed E-state index contributed by atoms with van der Waals surface area (Å²) in [4.78, 5) is 20.0. The fourth-order valence-corrected chi connectivity index (χ4v) is 2.17. The zero-order chi connectivity index (χ0) is 10.8. The molecular formula is C10H9N3OS. The summed E-state index contributed by atoms with van der Waals surface area (Å²) in [5, 5.41) is 0.795. The molecule has 2 aromatic rings. The Kier molecular flexibility index (Phi) is 2.47. The zero-order valence-corrected chi connectivity index (χ0v) is 8.91. The number of aryl methyl sites for hydroxylation is 1. The molecule has 0 aromatic carbocycles. The van der Waals surface area contributed by atoms with Crippen LogP contribution in [-0.2, 0) is 0 Å². The van der Waals surface area contributed by atoms with E-state index in [0.717, 1.165) is 15.4 Å². The van der Waals surface area contributed by atoms with Gasteiger partial charge in [0.15, 0.2) is 0 Å². The third-order valence-electron chi connectivity index (χ3n) is 1.96. The minimum Gasteiger partial charge on any atom is -0.364 e. The van der Waals surface area contributed by atoms with E-state index in [1.54, 1.807) is 12.4 Å². The SMILES string of the molecule is Cc1sc(-c2ccncc2)nc1C(N)=O. The van der Waals surface area contributed by atoms with Gasteiger partial charge in [0.1, 0.15) is 10.7 Å². The number of hydrogen-bond acceptors (Lipinski definition) is 4. The normalized spacial score (nSPS) is 10.2. The molecule has 2 aromatic heterocycles. The van der Waals surface area contributed by atoms with Gasteiger partial charge in [-0.25, -0.2) is 4.98 Å². The van der Waals surface area contributed by atoms with Crippen LogP contribution >= 0.6 is 11.3 Å². The highest BCUT2D eigenvalue weighted by molar-refractivity contribution is 7.15. The highest BCUT2D eigenvalue weighted by Gasteiger charge is 2.12. The Balaban J connectivity index is 2.48. The maximum atomic E-state index is 11.0. The minimum absolute atomic E-state index is 0.354.